The summed E-state index contributed by atoms with van der Waals surface area (Å²) in [5, 5.41) is 2.68. The first-order valence-electron chi connectivity index (χ1n) is 8.53. The zero-order chi connectivity index (χ0) is 19.2. The van der Waals surface area contributed by atoms with Crippen LogP contribution in [0.2, 0.25) is 0 Å². The summed E-state index contributed by atoms with van der Waals surface area (Å²) < 4.78 is 30.6. The van der Waals surface area contributed by atoms with Crippen molar-refractivity contribution in [2.24, 2.45) is 0 Å². The number of aromatic nitrogens is 4. The highest BCUT2D eigenvalue weighted by molar-refractivity contribution is 7.91. The van der Waals surface area contributed by atoms with Gasteiger partial charge in [-0.1, -0.05) is 0 Å². The van der Waals surface area contributed by atoms with Crippen LogP contribution in [0.4, 0.5) is 0 Å². The molecule has 4 rings (SSSR count). The molecule has 11 nitrogen and oxygen atoms in total. The van der Waals surface area contributed by atoms with Crippen molar-refractivity contribution in [3.05, 3.63) is 28.4 Å². The minimum atomic E-state index is -3.25. The lowest BCUT2D eigenvalue weighted by Gasteiger charge is -2.43. The van der Waals surface area contributed by atoms with Crippen molar-refractivity contribution in [2.75, 3.05) is 38.3 Å². The molecule has 0 aliphatic carbocycles. The van der Waals surface area contributed by atoms with E-state index in [0.717, 1.165) is 0 Å². The van der Waals surface area contributed by atoms with Gasteiger partial charge in [0, 0.05) is 38.9 Å². The normalized spacial score (nSPS) is 25.0. The number of ether oxygens (including phenoxy) is 1. The Kier molecular flexibility index (Phi) is 4.48. The first-order chi connectivity index (χ1) is 12.9. The third-order valence-corrected chi connectivity index (χ3v) is 6.76. The van der Waals surface area contributed by atoms with Gasteiger partial charge in [0.1, 0.15) is 12.9 Å². The van der Waals surface area contributed by atoms with Gasteiger partial charge in [-0.05, 0) is 0 Å². The number of amides is 1. The third kappa shape index (κ3) is 3.35. The molecule has 1 N–H and O–H groups in total. The fraction of sp³-hybridized carbons (Fsp3) is 0.600. The Balaban J connectivity index is 1.60. The van der Waals surface area contributed by atoms with Crippen LogP contribution in [0.25, 0.3) is 5.78 Å². The van der Waals surface area contributed by atoms with Crippen molar-refractivity contribution in [3.8, 4) is 0 Å². The average Bonchev–Trinajstić information content (AvgIpc) is 3.18. The molecule has 2 saturated heterocycles. The Bertz CT molecular complexity index is 1030. The van der Waals surface area contributed by atoms with E-state index in [2.05, 4.69) is 15.1 Å². The number of nitrogens with zero attached hydrogens (tertiary/aromatic N) is 5. The molecular formula is C15H20N6O5S. The molecule has 27 heavy (non-hydrogen) atoms. The highest BCUT2D eigenvalue weighted by Gasteiger charge is 2.47. The number of carbonyl (C=O) groups excluding carboxylic acids is 1. The topological polar surface area (TPSA) is 130 Å². The fourth-order valence-corrected chi connectivity index (χ4v) is 5.91. The maximum absolute atomic E-state index is 12.3. The van der Waals surface area contributed by atoms with E-state index in [1.165, 1.54) is 24.0 Å². The van der Waals surface area contributed by atoms with Crippen molar-refractivity contribution in [1.29, 1.82) is 0 Å². The second kappa shape index (κ2) is 6.69. The molecule has 4 heterocycles. The number of hydrogen-bond acceptors (Lipinski definition) is 8. The van der Waals surface area contributed by atoms with Crippen LogP contribution in [0.3, 0.4) is 0 Å². The van der Waals surface area contributed by atoms with Gasteiger partial charge < -0.3 is 9.64 Å². The van der Waals surface area contributed by atoms with Crippen LogP contribution in [0.1, 0.15) is 5.69 Å². The lowest BCUT2D eigenvalue weighted by atomic mass is 10.0. The number of hydrogen-bond donors (Lipinski definition) is 1. The van der Waals surface area contributed by atoms with E-state index in [1.54, 1.807) is 4.90 Å². The molecule has 0 bridgehead atoms. The molecular weight excluding hydrogens is 376 g/mol. The first-order valence-corrected chi connectivity index (χ1v) is 10.3. The molecule has 146 valence electrons. The number of sulfone groups is 1. The zero-order valence-electron chi connectivity index (χ0n) is 14.7. The van der Waals surface area contributed by atoms with E-state index in [4.69, 9.17) is 4.74 Å². The minimum Gasteiger partial charge on any atom is -0.375 e. The molecule has 2 aliphatic rings. The molecule has 12 heteroatoms. The summed E-state index contributed by atoms with van der Waals surface area (Å²) in [4.78, 5) is 36.4. The Morgan fingerprint density at radius 2 is 2.11 bits per heavy atom. The van der Waals surface area contributed by atoms with Crippen LogP contribution in [0.15, 0.2) is 17.2 Å². The van der Waals surface area contributed by atoms with Crippen LogP contribution >= 0.6 is 0 Å². The van der Waals surface area contributed by atoms with Gasteiger partial charge in [-0.15, -0.1) is 0 Å². The SMILES string of the molecule is COCC(=O)N1CCN(Cc2cc(=O)n3[nH]cnc3n2)[C@H]2CS(=O)(=O)C[C@H]21. The van der Waals surface area contributed by atoms with Crippen molar-refractivity contribution in [1.82, 2.24) is 29.4 Å². The first kappa shape index (κ1) is 18.1. The summed E-state index contributed by atoms with van der Waals surface area (Å²) >= 11 is 0. The van der Waals surface area contributed by atoms with E-state index in [0.29, 0.717) is 25.3 Å². The van der Waals surface area contributed by atoms with Crippen LogP contribution in [0, 0.1) is 0 Å². The van der Waals surface area contributed by atoms with Gasteiger partial charge in [0.05, 0.1) is 23.2 Å². The smallest absolute Gasteiger partial charge is 0.274 e. The second-order valence-corrected chi connectivity index (χ2v) is 8.96. The maximum Gasteiger partial charge on any atom is 0.274 e. The summed E-state index contributed by atoms with van der Waals surface area (Å²) in [5.74, 6) is -0.0172. The molecule has 2 aromatic heterocycles. The van der Waals surface area contributed by atoms with E-state index in [1.807, 2.05) is 4.90 Å². The molecule has 2 fully saturated rings. The molecule has 1 amide bonds. The van der Waals surface area contributed by atoms with Crippen molar-refractivity contribution in [3.63, 3.8) is 0 Å². The van der Waals surface area contributed by atoms with Crippen LogP contribution in [-0.4, -0.2) is 94.1 Å². The molecule has 0 saturated carbocycles. The van der Waals surface area contributed by atoms with Gasteiger partial charge in [0.15, 0.2) is 9.84 Å². The van der Waals surface area contributed by atoms with E-state index in [-0.39, 0.29) is 41.4 Å². The van der Waals surface area contributed by atoms with E-state index >= 15 is 0 Å². The van der Waals surface area contributed by atoms with E-state index in [9.17, 15) is 18.0 Å². The number of nitrogens with one attached hydrogen (secondary N) is 1. The van der Waals surface area contributed by atoms with Gasteiger partial charge in [-0.25, -0.2) is 18.4 Å². The largest absolute Gasteiger partial charge is 0.375 e. The molecule has 0 unspecified atom stereocenters. The summed E-state index contributed by atoms with van der Waals surface area (Å²) in [6.07, 6.45) is 1.38. The van der Waals surface area contributed by atoms with Crippen LogP contribution in [-0.2, 0) is 25.9 Å². The quantitative estimate of drug-likeness (QED) is 0.621. The van der Waals surface area contributed by atoms with Gasteiger partial charge >= 0.3 is 0 Å². The molecule has 0 radical (unpaired) electrons. The standard InChI is InChI=1S/C15H20N6O5S/c1-26-6-14(23)20-3-2-19(11-7-27(24,25)8-12(11)20)5-10-4-13(22)21-15(18-10)16-9-17-21/h4,9,11-12H,2-3,5-8H2,1H3,(H,16,17,18)/t11-,12+/m0/s1. The minimum absolute atomic E-state index is 0.0158. The van der Waals surface area contributed by atoms with Gasteiger partial charge in [-0.3, -0.25) is 19.6 Å². The van der Waals surface area contributed by atoms with E-state index < -0.39 is 15.9 Å². The predicted molar refractivity (Wildman–Crippen MR) is 93.8 cm³/mol. The highest BCUT2D eigenvalue weighted by Crippen LogP contribution is 2.28. The van der Waals surface area contributed by atoms with Crippen molar-refractivity contribution < 1.29 is 17.9 Å². The molecule has 0 spiro atoms. The Labute approximate surface area is 154 Å². The molecule has 0 aromatic carbocycles. The van der Waals surface area contributed by atoms with Gasteiger partial charge in [0.25, 0.3) is 11.3 Å². The number of piperazine rings is 1. The summed E-state index contributed by atoms with van der Waals surface area (Å²) in [5.41, 5.74) is 0.240. The van der Waals surface area contributed by atoms with Crippen LogP contribution in [0.5, 0.6) is 0 Å². The highest BCUT2D eigenvalue weighted by atomic mass is 32.2. The number of fused-ring (bicyclic) bond motifs is 2. The number of methoxy groups -OCH3 is 1. The number of H-pyrrole nitrogens is 1. The lowest BCUT2D eigenvalue weighted by Crippen LogP contribution is -2.60. The number of rotatable bonds is 4. The molecule has 2 atom stereocenters. The number of aromatic amines is 1. The monoisotopic (exact) mass is 396 g/mol. The van der Waals surface area contributed by atoms with Gasteiger partial charge in [-0.2, -0.15) is 4.52 Å². The zero-order valence-corrected chi connectivity index (χ0v) is 15.6. The molecule has 2 aliphatic heterocycles. The lowest BCUT2D eigenvalue weighted by molar-refractivity contribution is -0.141. The molecule has 2 aromatic rings. The Hall–Kier alpha value is -2.31. The number of carbonyl (C=O) groups is 1. The van der Waals surface area contributed by atoms with Crippen molar-refractivity contribution in [2.45, 2.75) is 18.6 Å². The average molecular weight is 396 g/mol. The van der Waals surface area contributed by atoms with Crippen LogP contribution < -0.4 is 5.56 Å². The summed E-state index contributed by atoms with van der Waals surface area (Å²) in [6.45, 7) is 1.15. The Morgan fingerprint density at radius 3 is 2.89 bits per heavy atom. The second-order valence-electron chi connectivity index (χ2n) is 6.81. The van der Waals surface area contributed by atoms with Gasteiger partial charge in [0.2, 0.25) is 5.91 Å². The fourth-order valence-electron chi connectivity index (χ4n) is 3.89. The predicted octanol–water partition coefficient (Wildman–Crippen LogP) is -2.13. The summed E-state index contributed by atoms with van der Waals surface area (Å²) in [7, 11) is -1.81. The van der Waals surface area contributed by atoms with Crippen molar-refractivity contribution >= 4 is 21.5 Å². The third-order valence-electron chi connectivity index (χ3n) is 5.07. The summed E-state index contributed by atoms with van der Waals surface area (Å²) in [6, 6.07) is 0.664. The Morgan fingerprint density at radius 1 is 1.33 bits per heavy atom. The maximum atomic E-state index is 12.3.